The molecule has 2 N–H and O–H groups in total. The van der Waals surface area contributed by atoms with Gasteiger partial charge in [0.05, 0.1) is 0 Å². The summed E-state index contributed by atoms with van der Waals surface area (Å²) in [5.41, 5.74) is -0.268. The second-order valence-electron chi connectivity index (χ2n) is 6.33. The number of carbonyl (C=O) groups excluding carboxylic acids is 2. The molecule has 2 amide bonds. The maximum Gasteiger partial charge on any atom is 0.309 e. The molecule has 0 bridgehead atoms. The molecule has 0 rings (SSSR count). The summed E-state index contributed by atoms with van der Waals surface area (Å²) >= 11 is 0. The lowest BCUT2D eigenvalue weighted by atomic mass is 9.82. The first-order valence-corrected chi connectivity index (χ1v) is 6.18. The zero-order valence-electron chi connectivity index (χ0n) is 11.9. The van der Waals surface area contributed by atoms with E-state index in [2.05, 4.69) is 31.4 Å². The number of amides is 2. The lowest BCUT2D eigenvalue weighted by Crippen LogP contribution is -2.51. The molecule has 0 aromatic rings. The fourth-order valence-corrected chi connectivity index (χ4v) is 2.05. The van der Waals surface area contributed by atoms with Gasteiger partial charge in [-0.05, 0) is 32.1 Å². The zero-order chi connectivity index (χ0) is 13.7. The van der Waals surface area contributed by atoms with Gasteiger partial charge >= 0.3 is 11.8 Å². The normalized spacial score (nSPS) is 12.1. The van der Waals surface area contributed by atoms with E-state index in [0.29, 0.717) is 6.54 Å². The van der Waals surface area contributed by atoms with Gasteiger partial charge in [-0.15, -0.1) is 0 Å². The number of hydrogen-bond donors (Lipinski definition) is 2. The van der Waals surface area contributed by atoms with Crippen molar-refractivity contribution in [3.05, 3.63) is 0 Å². The van der Waals surface area contributed by atoms with E-state index in [1.165, 1.54) is 0 Å². The zero-order valence-corrected chi connectivity index (χ0v) is 11.9. The number of carbonyl (C=O) groups is 2. The summed E-state index contributed by atoms with van der Waals surface area (Å²) in [5.74, 6) is -1.10. The lowest BCUT2D eigenvalue weighted by molar-refractivity contribution is -0.140. The van der Waals surface area contributed by atoms with Crippen LogP contribution in [0.4, 0.5) is 0 Å². The van der Waals surface area contributed by atoms with Crippen molar-refractivity contribution >= 4 is 11.8 Å². The molecular formula is C13H26N2O2. The van der Waals surface area contributed by atoms with Gasteiger partial charge < -0.3 is 10.6 Å². The smallest absolute Gasteiger partial charge is 0.309 e. The summed E-state index contributed by atoms with van der Waals surface area (Å²) in [6.45, 7) is 12.7. The minimum atomic E-state index is -0.548. The highest BCUT2D eigenvalue weighted by Gasteiger charge is 2.28. The molecule has 0 unspecified atom stereocenters. The first kappa shape index (κ1) is 15.9. The SMILES string of the molecule is CCCNC(=O)C(=O)NC(C)(C)CC(C)(C)C. The molecule has 0 spiro atoms. The molecule has 0 fully saturated rings. The molecule has 0 aliphatic rings. The second kappa shape index (κ2) is 6.03. The van der Waals surface area contributed by atoms with Crippen molar-refractivity contribution in [2.24, 2.45) is 5.41 Å². The Bertz CT molecular complexity index is 278. The van der Waals surface area contributed by atoms with Crippen LogP contribution < -0.4 is 10.6 Å². The number of nitrogens with one attached hydrogen (secondary N) is 2. The van der Waals surface area contributed by atoms with Crippen LogP contribution in [0.25, 0.3) is 0 Å². The number of rotatable bonds is 4. The summed E-state index contributed by atoms with van der Waals surface area (Å²) in [7, 11) is 0. The van der Waals surface area contributed by atoms with Crippen LogP contribution in [0.15, 0.2) is 0 Å². The van der Waals surface area contributed by atoms with E-state index in [0.717, 1.165) is 12.8 Å². The largest absolute Gasteiger partial charge is 0.348 e. The van der Waals surface area contributed by atoms with Crippen molar-refractivity contribution in [2.45, 2.75) is 59.9 Å². The molecule has 4 nitrogen and oxygen atoms in total. The van der Waals surface area contributed by atoms with E-state index in [1.54, 1.807) is 0 Å². The van der Waals surface area contributed by atoms with Gasteiger partial charge in [-0.25, -0.2) is 0 Å². The Hall–Kier alpha value is -1.06. The molecule has 100 valence electrons. The molecule has 17 heavy (non-hydrogen) atoms. The van der Waals surface area contributed by atoms with Crippen LogP contribution in [-0.2, 0) is 9.59 Å². The van der Waals surface area contributed by atoms with Crippen LogP contribution in [0.1, 0.15) is 54.4 Å². The Balaban J connectivity index is 4.31. The topological polar surface area (TPSA) is 58.2 Å². The van der Waals surface area contributed by atoms with Crippen LogP contribution in [0, 0.1) is 5.41 Å². The van der Waals surface area contributed by atoms with Crippen molar-refractivity contribution in [2.75, 3.05) is 6.54 Å². The third-order valence-electron chi connectivity index (χ3n) is 2.17. The molecule has 0 aromatic heterocycles. The van der Waals surface area contributed by atoms with E-state index >= 15 is 0 Å². The average molecular weight is 242 g/mol. The van der Waals surface area contributed by atoms with Crippen LogP contribution in [0.2, 0.25) is 0 Å². The fourth-order valence-electron chi connectivity index (χ4n) is 2.05. The van der Waals surface area contributed by atoms with Crippen molar-refractivity contribution < 1.29 is 9.59 Å². The van der Waals surface area contributed by atoms with E-state index < -0.39 is 11.8 Å². The van der Waals surface area contributed by atoms with Crippen molar-refractivity contribution in [1.82, 2.24) is 10.6 Å². The highest BCUT2D eigenvalue weighted by atomic mass is 16.2. The quantitative estimate of drug-likeness (QED) is 0.739. The predicted molar refractivity (Wildman–Crippen MR) is 69.6 cm³/mol. The summed E-state index contributed by atoms with van der Waals surface area (Å²) in [6, 6.07) is 0. The van der Waals surface area contributed by atoms with E-state index in [-0.39, 0.29) is 11.0 Å². The maximum absolute atomic E-state index is 11.6. The summed E-state index contributed by atoms with van der Waals surface area (Å²) in [6.07, 6.45) is 1.64. The average Bonchev–Trinajstić information content (AvgIpc) is 2.08. The molecule has 0 heterocycles. The Morgan fingerprint density at radius 2 is 1.53 bits per heavy atom. The molecule has 0 radical (unpaired) electrons. The molecule has 0 saturated heterocycles. The van der Waals surface area contributed by atoms with Gasteiger partial charge in [-0.3, -0.25) is 9.59 Å². The molecule has 0 aromatic carbocycles. The Kier molecular flexibility index (Phi) is 5.66. The van der Waals surface area contributed by atoms with E-state index in [1.807, 2.05) is 20.8 Å². The monoisotopic (exact) mass is 242 g/mol. The van der Waals surface area contributed by atoms with E-state index in [4.69, 9.17) is 0 Å². The summed E-state index contributed by atoms with van der Waals surface area (Å²) < 4.78 is 0. The van der Waals surface area contributed by atoms with E-state index in [9.17, 15) is 9.59 Å². The molecular weight excluding hydrogens is 216 g/mol. The summed E-state index contributed by atoms with van der Waals surface area (Å²) in [5, 5.41) is 5.34. The second-order valence-corrected chi connectivity index (χ2v) is 6.33. The minimum Gasteiger partial charge on any atom is -0.348 e. The molecule has 0 atom stereocenters. The predicted octanol–water partition coefficient (Wildman–Crippen LogP) is 1.84. The van der Waals surface area contributed by atoms with Crippen molar-refractivity contribution in [3.63, 3.8) is 0 Å². The summed E-state index contributed by atoms with van der Waals surface area (Å²) in [4.78, 5) is 23.0. The Morgan fingerprint density at radius 1 is 1.00 bits per heavy atom. The Labute approximate surface area is 105 Å². The third kappa shape index (κ3) is 7.77. The minimum absolute atomic E-state index is 0.108. The molecule has 4 heteroatoms. The molecule has 0 aliphatic carbocycles. The first-order chi connectivity index (χ1) is 7.57. The van der Waals surface area contributed by atoms with Crippen LogP contribution in [0.5, 0.6) is 0 Å². The van der Waals surface area contributed by atoms with Crippen LogP contribution >= 0.6 is 0 Å². The van der Waals surface area contributed by atoms with Gasteiger partial charge in [-0.2, -0.15) is 0 Å². The highest BCUT2D eigenvalue weighted by Crippen LogP contribution is 2.26. The molecule has 0 saturated carbocycles. The van der Waals surface area contributed by atoms with Gasteiger partial charge in [0, 0.05) is 12.1 Å². The van der Waals surface area contributed by atoms with Gasteiger partial charge in [0.1, 0.15) is 0 Å². The van der Waals surface area contributed by atoms with Crippen LogP contribution in [0.3, 0.4) is 0 Å². The standard InChI is InChI=1S/C13H26N2O2/c1-7-8-14-10(16)11(17)15-13(5,6)9-12(2,3)4/h7-9H2,1-6H3,(H,14,16)(H,15,17). The van der Waals surface area contributed by atoms with Crippen molar-refractivity contribution in [3.8, 4) is 0 Å². The van der Waals surface area contributed by atoms with Gasteiger partial charge in [0.25, 0.3) is 0 Å². The third-order valence-corrected chi connectivity index (χ3v) is 2.17. The fraction of sp³-hybridized carbons (Fsp3) is 0.846. The van der Waals surface area contributed by atoms with Gasteiger partial charge in [0.15, 0.2) is 0 Å². The van der Waals surface area contributed by atoms with Crippen molar-refractivity contribution in [1.29, 1.82) is 0 Å². The Morgan fingerprint density at radius 3 is 1.94 bits per heavy atom. The maximum atomic E-state index is 11.6. The lowest BCUT2D eigenvalue weighted by Gasteiger charge is -2.33. The van der Waals surface area contributed by atoms with Gasteiger partial charge in [-0.1, -0.05) is 27.7 Å². The van der Waals surface area contributed by atoms with Crippen LogP contribution in [-0.4, -0.2) is 23.9 Å². The van der Waals surface area contributed by atoms with Gasteiger partial charge in [0.2, 0.25) is 0 Å². The highest BCUT2D eigenvalue weighted by molar-refractivity contribution is 6.35. The first-order valence-electron chi connectivity index (χ1n) is 6.18. The molecule has 0 aliphatic heterocycles. The number of hydrogen-bond acceptors (Lipinski definition) is 2.